The summed E-state index contributed by atoms with van der Waals surface area (Å²) < 4.78 is 10.1. The van der Waals surface area contributed by atoms with Crippen LogP contribution in [0.25, 0.3) is 0 Å². The Balaban J connectivity index is 2.55. The van der Waals surface area contributed by atoms with E-state index in [-0.39, 0.29) is 24.5 Å². The molecule has 0 radical (unpaired) electrons. The van der Waals surface area contributed by atoms with E-state index in [1.54, 1.807) is 18.2 Å². The van der Waals surface area contributed by atoms with Crippen molar-refractivity contribution in [2.24, 2.45) is 0 Å². The largest absolute Gasteiger partial charge is 0.496 e. The first-order valence-corrected chi connectivity index (χ1v) is 6.88. The number of ether oxygens (including phenoxy) is 2. The lowest BCUT2D eigenvalue weighted by atomic mass is 10.1. The number of rotatable bonds is 5. The summed E-state index contributed by atoms with van der Waals surface area (Å²) >= 11 is 5.89. The smallest absolute Gasteiger partial charge is 0.310 e. The number of hydrogen-bond acceptors (Lipinski definition) is 4. The Labute approximate surface area is 129 Å². The molecule has 1 rings (SSSR count). The van der Waals surface area contributed by atoms with Gasteiger partial charge in [0.1, 0.15) is 5.75 Å². The molecule has 0 aromatic heterocycles. The third-order valence-corrected chi connectivity index (χ3v) is 2.69. The zero-order valence-corrected chi connectivity index (χ0v) is 13.4. The second kappa shape index (κ2) is 7.31. The van der Waals surface area contributed by atoms with Crippen molar-refractivity contribution in [3.8, 4) is 5.75 Å². The molecule has 1 amide bonds. The minimum Gasteiger partial charge on any atom is -0.496 e. The standard InChI is InChI=1S/C15H20ClNO4/c1-15(2,3)17-13(18)9-21-14(19)8-10-7-11(16)5-6-12(10)20-4/h5-7H,8-9H2,1-4H3,(H,17,18). The fourth-order valence-corrected chi connectivity index (χ4v) is 1.89. The van der Waals surface area contributed by atoms with Crippen molar-refractivity contribution in [3.05, 3.63) is 28.8 Å². The lowest BCUT2D eigenvalue weighted by molar-refractivity contribution is -0.148. The Morgan fingerprint density at radius 2 is 1.95 bits per heavy atom. The van der Waals surface area contributed by atoms with Gasteiger partial charge in [0, 0.05) is 16.1 Å². The predicted octanol–water partition coefficient (Wildman–Crippen LogP) is 2.35. The van der Waals surface area contributed by atoms with Gasteiger partial charge in [-0.05, 0) is 39.0 Å². The SMILES string of the molecule is COc1ccc(Cl)cc1CC(=O)OCC(=O)NC(C)(C)C. The van der Waals surface area contributed by atoms with Gasteiger partial charge in [-0.3, -0.25) is 9.59 Å². The maximum atomic E-state index is 11.8. The van der Waals surface area contributed by atoms with E-state index < -0.39 is 5.97 Å². The topological polar surface area (TPSA) is 64.6 Å². The van der Waals surface area contributed by atoms with E-state index in [0.29, 0.717) is 16.3 Å². The number of benzene rings is 1. The fourth-order valence-electron chi connectivity index (χ4n) is 1.69. The molecular weight excluding hydrogens is 294 g/mol. The van der Waals surface area contributed by atoms with Gasteiger partial charge >= 0.3 is 5.97 Å². The lowest BCUT2D eigenvalue weighted by Gasteiger charge is -2.20. The van der Waals surface area contributed by atoms with Gasteiger partial charge in [-0.15, -0.1) is 0 Å². The highest BCUT2D eigenvalue weighted by Crippen LogP contribution is 2.23. The van der Waals surface area contributed by atoms with Gasteiger partial charge in [0.25, 0.3) is 5.91 Å². The van der Waals surface area contributed by atoms with E-state index in [2.05, 4.69) is 5.32 Å². The summed E-state index contributed by atoms with van der Waals surface area (Å²) in [4.78, 5) is 23.3. The van der Waals surface area contributed by atoms with E-state index in [4.69, 9.17) is 21.1 Å². The highest BCUT2D eigenvalue weighted by atomic mass is 35.5. The molecule has 0 heterocycles. The van der Waals surface area contributed by atoms with Crippen molar-refractivity contribution in [3.63, 3.8) is 0 Å². The van der Waals surface area contributed by atoms with Crippen LogP contribution in [-0.4, -0.2) is 31.1 Å². The monoisotopic (exact) mass is 313 g/mol. The molecule has 0 aliphatic rings. The van der Waals surface area contributed by atoms with Gasteiger partial charge in [0.2, 0.25) is 0 Å². The molecule has 116 valence electrons. The van der Waals surface area contributed by atoms with E-state index in [0.717, 1.165) is 0 Å². The van der Waals surface area contributed by atoms with Gasteiger partial charge < -0.3 is 14.8 Å². The Morgan fingerprint density at radius 1 is 1.29 bits per heavy atom. The summed E-state index contributed by atoms with van der Waals surface area (Å²) in [6.07, 6.45) is -0.00741. The van der Waals surface area contributed by atoms with Crippen LogP contribution in [0.4, 0.5) is 0 Å². The number of nitrogens with one attached hydrogen (secondary N) is 1. The summed E-state index contributed by atoms with van der Waals surface area (Å²) in [6, 6.07) is 4.99. The average molecular weight is 314 g/mol. The quantitative estimate of drug-likeness (QED) is 0.848. The normalized spacial score (nSPS) is 10.9. The number of esters is 1. The number of hydrogen-bond donors (Lipinski definition) is 1. The van der Waals surface area contributed by atoms with Crippen LogP contribution in [0.15, 0.2) is 18.2 Å². The molecular formula is C15H20ClNO4. The second-order valence-electron chi connectivity index (χ2n) is 5.59. The minimum absolute atomic E-state index is 0.00741. The van der Waals surface area contributed by atoms with Crippen molar-refractivity contribution in [1.82, 2.24) is 5.32 Å². The van der Waals surface area contributed by atoms with Crippen molar-refractivity contribution in [1.29, 1.82) is 0 Å². The zero-order valence-electron chi connectivity index (χ0n) is 12.7. The Bertz CT molecular complexity index is 523. The van der Waals surface area contributed by atoms with Crippen LogP contribution in [0.3, 0.4) is 0 Å². The summed E-state index contributed by atoms with van der Waals surface area (Å²) in [6.45, 7) is 5.25. The molecule has 0 saturated carbocycles. The number of carbonyl (C=O) groups is 2. The van der Waals surface area contributed by atoms with Crippen LogP contribution in [0.2, 0.25) is 5.02 Å². The number of halogens is 1. The van der Waals surface area contributed by atoms with Crippen LogP contribution in [0, 0.1) is 0 Å². The van der Waals surface area contributed by atoms with Crippen LogP contribution in [0.5, 0.6) is 5.75 Å². The van der Waals surface area contributed by atoms with Crippen molar-refractivity contribution in [2.75, 3.05) is 13.7 Å². The zero-order chi connectivity index (χ0) is 16.0. The predicted molar refractivity (Wildman–Crippen MR) is 80.6 cm³/mol. The summed E-state index contributed by atoms with van der Waals surface area (Å²) in [5.41, 5.74) is 0.255. The molecule has 0 bridgehead atoms. The van der Waals surface area contributed by atoms with E-state index >= 15 is 0 Å². The van der Waals surface area contributed by atoms with Gasteiger partial charge in [0.15, 0.2) is 6.61 Å². The summed E-state index contributed by atoms with van der Waals surface area (Å²) in [7, 11) is 1.51. The molecule has 0 aliphatic carbocycles. The van der Waals surface area contributed by atoms with Crippen LogP contribution in [0.1, 0.15) is 26.3 Å². The third-order valence-electron chi connectivity index (χ3n) is 2.46. The van der Waals surface area contributed by atoms with Crippen LogP contribution in [-0.2, 0) is 20.7 Å². The first-order chi connectivity index (χ1) is 9.71. The highest BCUT2D eigenvalue weighted by molar-refractivity contribution is 6.30. The molecule has 0 unspecified atom stereocenters. The first-order valence-electron chi connectivity index (χ1n) is 6.50. The number of carbonyl (C=O) groups excluding carboxylic acids is 2. The maximum Gasteiger partial charge on any atom is 0.310 e. The molecule has 6 heteroatoms. The second-order valence-corrected chi connectivity index (χ2v) is 6.03. The number of amides is 1. The van der Waals surface area contributed by atoms with Gasteiger partial charge in [-0.2, -0.15) is 0 Å². The molecule has 5 nitrogen and oxygen atoms in total. The van der Waals surface area contributed by atoms with Crippen molar-refractivity contribution in [2.45, 2.75) is 32.7 Å². The molecule has 0 saturated heterocycles. The van der Waals surface area contributed by atoms with Crippen molar-refractivity contribution < 1.29 is 19.1 Å². The summed E-state index contributed by atoms with van der Waals surface area (Å²) in [5.74, 6) is -0.302. The Kier molecular flexibility index (Phi) is 6.03. The molecule has 1 N–H and O–H groups in total. The summed E-state index contributed by atoms with van der Waals surface area (Å²) in [5, 5.41) is 3.21. The molecule has 1 aromatic rings. The van der Waals surface area contributed by atoms with Crippen LogP contribution >= 0.6 is 11.6 Å². The van der Waals surface area contributed by atoms with E-state index in [1.165, 1.54) is 7.11 Å². The van der Waals surface area contributed by atoms with E-state index in [1.807, 2.05) is 20.8 Å². The molecule has 1 aromatic carbocycles. The minimum atomic E-state index is -0.514. The number of methoxy groups -OCH3 is 1. The first kappa shape index (κ1) is 17.3. The lowest BCUT2D eigenvalue weighted by Crippen LogP contribution is -2.42. The molecule has 0 atom stereocenters. The molecule has 0 spiro atoms. The Hall–Kier alpha value is -1.75. The molecule has 0 fully saturated rings. The van der Waals surface area contributed by atoms with Crippen LogP contribution < -0.4 is 10.1 Å². The molecule has 21 heavy (non-hydrogen) atoms. The maximum absolute atomic E-state index is 11.8. The van der Waals surface area contributed by atoms with Gasteiger partial charge in [0.05, 0.1) is 13.5 Å². The fraction of sp³-hybridized carbons (Fsp3) is 0.467. The van der Waals surface area contributed by atoms with Gasteiger partial charge in [-0.25, -0.2) is 0 Å². The van der Waals surface area contributed by atoms with Crippen molar-refractivity contribution >= 4 is 23.5 Å². The average Bonchev–Trinajstić information content (AvgIpc) is 2.35. The van der Waals surface area contributed by atoms with Gasteiger partial charge in [-0.1, -0.05) is 11.6 Å². The molecule has 0 aliphatic heterocycles. The Morgan fingerprint density at radius 3 is 2.52 bits per heavy atom. The van der Waals surface area contributed by atoms with E-state index in [9.17, 15) is 9.59 Å². The third kappa shape index (κ3) is 6.49. The highest BCUT2D eigenvalue weighted by Gasteiger charge is 2.16.